The van der Waals surface area contributed by atoms with Crippen LogP contribution in [0.25, 0.3) is 11.4 Å². The summed E-state index contributed by atoms with van der Waals surface area (Å²) in [4.78, 5) is 8.37. The average Bonchev–Trinajstić information content (AvgIpc) is 3.58. The lowest BCUT2D eigenvalue weighted by Gasteiger charge is -2.17. The molecule has 4 rings (SSSR count). The number of hydrogen-bond acceptors (Lipinski definition) is 5. The fraction of sp³-hybridized carbons (Fsp3) is 0.308. The van der Waals surface area contributed by atoms with E-state index in [1.807, 2.05) is 37.4 Å². The number of hydrogen-bond donors (Lipinski definition) is 0. The van der Waals surface area contributed by atoms with Crippen LogP contribution in [0.5, 0.6) is 0 Å². The Morgan fingerprint density at radius 3 is 1.61 bits per heavy atom. The van der Waals surface area contributed by atoms with Crippen molar-refractivity contribution in [1.82, 2.24) is 19.1 Å². The molecule has 0 aliphatic heterocycles. The Labute approximate surface area is 205 Å². The number of para-hydroxylation sites is 2. The first-order valence-corrected chi connectivity index (χ1v) is 13.1. The van der Waals surface area contributed by atoms with Gasteiger partial charge in [-0.05, 0) is 47.9 Å². The van der Waals surface area contributed by atoms with Crippen molar-refractivity contribution in [2.24, 2.45) is 0 Å². The molecule has 4 aromatic rings. The number of benzene rings is 2. The minimum absolute atomic E-state index is 0.449. The van der Waals surface area contributed by atoms with E-state index >= 15 is 0 Å². The second-order valence-electron chi connectivity index (χ2n) is 8.15. The Kier molecular flexibility index (Phi) is 8.69. The Morgan fingerprint density at radius 1 is 0.727 bits per heavy atom. The van der Waals surface area contributed by atoms with Gasteiger partial charge in [0, 0.05) is 71.8 Å². The average molecular weight is 479 g/mol. The molecule has 0 bridgehead atoms. The van der Waals surface area contributed by atoms with E-state index in [4.69, 9.17) is 3.63 Å². The molecular formula is C26H30N4OS2. The van der Waals surface area contributed by atoms with Crippen molar-refractivity contribution < 1.29 is 3.63 Å². The van der Waals surface area contributed by atoms with E-state index < -0.39 is 0 Å². The van der Waals surface area contributed by atoms with Gasteiger partial charge in [-0.25, -0.2) is 13.6 Å². The summed E-state index contributed by atoms with van der Waals surface area (Å²) in [5.41, 5.74) is 5.09. The van der Waals surface area contributed by atoms with E-state index in [9.17, 15) is 0 Å². The van der Waals surface area contributed by atoms with Gasteiger partial charge in [0.05, 0.1) is 12.7 Å². The molecule has 0 radical (unpaired) electrons. The van der Waals surface area contributed by atoms with Crippen LogP contribution in [0.3, 0.4) is 0 Å². The third-order valence-corrected chi connectivity index (χ3v) is 7.44. The minimum atomic E-state index is 0.449. The highest BCUT2D eigenvalue weighted by Gasteiger charge is 2.13. The molecule has 0 aliphatic carbocycles. The first kappa shape index (κ1) is 23.7. The van der Waals surface area contributed by atoms with Crippen LogP contribution in [0.15, 0.2) is 86.0 Å². The fourth-order valence-electron chi connectivity index (χ4n) is 3.94. The van der Waals surface area contributed by atoms with Gasteiger partial charge >= 0.3 is 0 Å². The molecular weight excluding hydrogens is 448 g/mol. The lowest BCUT2D eigenvalue weighted by atomic mass is 9.97. The zero-order valence-corrected chi connectivity index (χ0v) is 20.7. The maximum absolute atomic E-state index is 5.81. The van der Waals surface area contributed by atoms with Crippen LogP contribution in [-0.2, 0) is 3.63 Å². The largest absolute Gasteiger partial charge is 0.306 e. The highest BCUT2D eigenvalue weighted by molar-refractivity contribution is 8.07. The molecule has 2 aromatic heterocycles. The van der Waals surface area contributed by atoms with Crippen molar-refractivity contribution >= 4 is 24.1 Å². The summed E-state index contributed by atoms with van der Waals surface area (Å²) in [5, 5.41) is 0. The molecule has 0 N–H and O–H groups in total. The molecule has 0 aliphatic rings. The van der Waals surface area contributed by atoms with Crippen molar-refractivity contribution in [2.45, 2.75) is 38.5 Å². The molecule has 33 heavy (non-hydrogen) atoms. The summed E-state index contributed by atoms with van der Waals surface area (Å²) in [6, 6.07) is 17.1. The zero-order valence-electron chi connectivity index (χ0n) is 19.1. The highest BCUT2D eigenvalue weighted by atomic mass is 32.2. The summed E-state index contributed by atoms with van der Waals surface area (Å²) >= 11 is 3.12. The third kappa shape index (κ3) is 6.31. The normalized spacial score (nSPS) is 13.2. The monoisotopic (exact) mass is 478 g/mol. The Bertz CT molecular complexity index is 1010. The molecule has 0 saturated heterocycles. The van der Waals surface area contributed by atoms with E-state index in [1.165, 1.54) is 22.5 Å². The van der Waals surface area contributed by atoms with Crippen LogP contribution in [0.4, 0.5) is 0 Å². The van der Waals surface area contributed by atoms with Crippen LogP contribution in [0.1, 0.15) is 49.7 Å². The molecule has 5 nitrogen and oxygen atoms in total. The second kappa shape index (κ2) is 12.1. The predicted octanol–water partition coefficient (Wildman–Crippen LogP) is 7.06. The molecule has 172 valence electrons. The number of aromatic nitrogens is 4. The van der Waals surface area contributed by atoms with Crippen molar-refractivity contribution in [3.05, 3.63) is 97.1 Å². The highest BCUT2D eigenvalue weighted by Crippen LogP contribution is 2.30. The molecule has 2 atom stereocenters. The van der Waals surface area contributed by atoms with Crippen LogP contribution in [0, 0.1) is 0 Å². The fourth-order valence-corrected chi connectivity index (χ4v) is 5.66. The Morgan fingerprint density at radius 2 is 1.18 bits per heavy atom. The topological polar surface area (TPSA) is 44.9 Å². The number of imidazole rings is 2. The summed E-state index contributed by atoms with van der Waals surface area (Å²) in [7, 11) is 0. The van der Waals surface area contributed by atoms with Gasteiger partial charge in [0.2, 0.25) is 0 Å². The Hall–Kier alpha value is -2.48. The molecule has 0 fully saturated rings. The summed E-state index contributed by atoms with van der Waals surface area (Å²) in [6.07, 6.45) is 13.5. The first-order valence-electron chi connectivity index (χ1n) is 11.3. The van der Waals surface area contributed by atoms with Gasteiger partial charge in [0.15, 0.2) is 0 Å². The van der Waals surface area contributed by atoms with Crippen molar-refractivity contribution in [3.8, 4) is 11.4 Å². The van der Waals surface area contributed by atoms with Crippen LogP contribution in [-0.4, -0.2) is 30.6 Å². The van der Waals surface area contributed by atoms with E-state index in [0.29, 0.717) is 11.8 Å². The molecule has 0 saturated carbocycles. The summed E-state index contributed by atoms with van der Waals surface area (Å²) in [6.45, 7) is 4.56. The number of nitrogens with zero attached hydrogens (tertiary/aromatic N) is 4. The van der Waals surface area contributed by atoms with Crippen LogP contribution in [0.2, 0.25) is 0 Å². The van der Waals surface area contributed by atoms with Crippen molar-refractivity contribution in [2.75, 3.05) is 11.5 Å². The smallest absolute Gasteiger partial charge is 0.0991 e. The molecule has 2 heterocycles. The van der Waals surface area contributed by atoms with E-state index in [2.05, 4.69) is 81.5 Å². The molecule has 0 spiro atoms. The molecule has 2 unspecified atom stereocenters. The van der Waals surface area contributed by atoms with Crippen molar-refractivity contribution in [3.63, 3.8) is 0 Å². The van der Waals surface area contributed by atoms with Crippen LogP contribution < -0.4 is 0 Å². The maximum atomic E-state index is 5.81. The third-order valence-electron chi connectivity index (χ3n) is 5.87. The lowest BCUT2D eigenvalue weighted by Crippen LogP contribution is -2.03. The van der Waals surface area contributed by atoms with Gasteiger partial charge in [0.25, 0.3) is 0 Å². The predicted molar refractivity (Wildman–Crippen MR) is 139 cm³/mol. The van der Waals surface area contributed by atoms with Gasteiger partial charge in [-0.15, -0.1) is 0 Å². The molecule has 0 amide bonds. The van der Waals surface area contributed by atoms with Gasteiger partial charge in [0.1, 0.15) is 0 Å². The molecule has 7 heteroatoms. The summed E-state index contributed by atoms with van der Waals surface area (Å²) < 4.78 is 9.98. The SMILES string of the molecule is CC(CCSOSCCC(C)c1ccccc1-n1ccnc1)c1ccccc1-n1ccnc1. The van der Waals surface area contributed by atoms with Gasteiger partial charge < -0.3 is 9.13 Å². The van der Waals surface area contributed by atoms with Gasteiger partial charge in [-0.1, -0.05) is 50.2 Å². The molecule has 2 aromatic carbocycles. The van der Waals surface area contributed by atoms with E-state index in [-0.39, 0.29) is 0 Å². The van der Waals surface area contributed by atoms with Crippen molar-refractivity contribution in [1.29, 1.82) is 0 Å². The lowest BCUT2D eigenvalue weighted by molar-refractivity contribution is 0.694. The standard InChI is InChI=1S/C26H30N4OS2/c1-21(23-7-3-5-9-25(23)29-15-13-27-19-29)11-17-32-31-33-18-12-22(2)24-8-4-6-10-26(24)30-16-14-28-20-30/h3-10,13-16,19-22H,11-12,17-18H2,1-2H3. The zero-order chi connectivity index (χ0) is 22.9. The summed E-state index contributed by atoms with van der Waals surface area (Å²) in [5.74, 6) is 2.82. The van der Waals surface area contributed by atoms with E-state index in [1.54, 1.807) is 24.1 Å². The number of rotatable bonds is 12. The Balaban J connectivity index is 1.18. The maximum Gasteiger partial charge on any atom is 0.0991 e. The minimum Gasteiger partial charge on any atom is -0.306 e. The second-order valence-corrected chi connectivity index (χ2v) is 9.98. The first-order chi connectivity index (χ1) is 16.2. The quantitative estimate of drug-likeness (QED) is 0.161. The van der Waals surface area contributed by atoms with Gasteiger partial charge in [-0.2, -0.15) is 0 Å². The van der Waals surface area contributed by atoms with E-state index in [0.717, 1.165) is 24.3 Å². The van der Waals surface area contributed by atoms with Crippen LogP contribution >= 0.6 is 24.1 Å². The van der Waals surface area contributed by atoms with Gasteiger partial charge in [-0.3, -0.25) is 0 Å².